The summed E-state index contributed by atoms with van der Waals surface area (Å²) in [6.45, 7) is 0. The zero-order valence-electron chi connectivity index (χ0n) is 8.86. The van der Waals surface area contributed by atoms with E-state index < -0.39 is 11.5 Å². The third kappa shape index (κ3) is 3.28. The van der Waals surface area contributed by atoms with Crippen molar-refractivity contribution in [2.75, 3.05) is 0 Å². The van der Waals surface area contributed by atoms with Crippen LogP contribution in [0.1, 0.15) is 10.4 Å². The summed E-state index contributed by atoms with van der Waals surface area (Å²) < 4.78 is 0. The summed E-state index contributed by atoms with van der Waals surface area (Å²) in [4.78, 5) is 25.7. The highest BCUT2D eigenvalue weighted by molar-refractivity contribution is 5.88. The van der Waals surface area contributed by atoms with Crippen molar-refractivity contribution >= 4 is 30.8 Å². The second-order valence-electron chi connectivity index (χ2n) is 3.04. The molecule has 0 aliphatic carbocycles. The first kappa shape index (κ1) is 16.1. The first-order valence-electron chi connectivity index (χ1n) is 4.42. The minimum absolute atomic E-state index is 0. The Kier molecular flexibility index (Phi) is 6.01. The molecular formula is C10H9Cl2N3O3. The van der Waals surface area contributed by atoms with Gasteiger partial charge in [-0.15, -0.1) is 24.8 Å². The lowest BCUT2D eigenvalue weighted by Gasteiger charge is -2.00. The Hall–Kier alpha value is -1.92. The van der Waals surface area contributed by atoms with E-state index in [1.807, 2.05) is 0 Å². The number of carbonyl (C=O) groups is 1. The van der Waals surface area contributed by atoms with Crippen LogP contribution in [0.5, 0.6) is 0 Å². The van der Waals surface area contributed by atoms with E-state index in [-0.39, 0.29) is 30.4 Å². The molecule has 0 amide bonds. The first-order chi connectivity index (χ1) is 7.68. The molecule has 2 heterocycles. The average Bonchev–Trinajstić information content (AvgIpc) is 2.30. The van der Waals surface area contributed by atoms with Crippen molar-refractivity contribution < 1.29 is 9.90 Å². The highest BCUT2D eigenvalue weighted by Crippen LogP contribution is 2.13. The van der Waals surface area contributed by atoms with Crippen molar-refractivity contribution in [2.45, 2.75) is 0 Å². The molecule has 6 nitrogen and oxygen atoms in total. The van der Waals surface area contributed by atoms with Gasteiger partial charge in [0.15, 0.2) is 0 Å². The molecule has 96 valence electrons. The Balaban J connectivity index is 0.00000144. The molecule has 2 aromatic rings. The van der Waals surface area contributed by atoms with Crippen LogP contribution in [0.25, 0.3) is 11.3 Å². The molecule has 0 radical (unpaired) electrons. The van der Waals surface area contributed by atoms with Crippen LogP contribution in [0, 0.1) is 0 Å². The lowest BCUT2D eigenvalue weighted by atomic mass is 10.1. The fraction of sp³-hybridized carbons (Fsp3) is 0. The zero-order chi connectivity index (χ0) is 11.5. The van der Waals surface area contributed by atoms with Crippen molar-refractivity contribution in [1.29, 1.82) is 0 Å². The smallest absolute Gasteiger partial charge is 0.341 e. The first-order valence-corrected chi connectivity index (χ1v) is 4.42. The van der Waals surface area contributed by atoms with E-state index in [0.29, 0.717) is 11.3 Å². The molecule has 0 fully saturated rings. The third-order valence-electron chi connectivity index (χ3n) is 2.01. The molecule has 2 rings (SSSR count). The Morgan fingerprint density at radius 2 is 1.83 bits per heavy atom. The summed E-state index contributed by atoms with van der Waals surface area (Å²) in [5, 5.41) is 14.7. The maximum Gasteiger partial charge on any atom is 0.341 e. The number of aromatic nitrogens is 3. The van der Waals surface area contributed by atoms with Gasteiger partial charge in [0.05, 0.1) is 5.69 Å². The average molecular weight is 290 g/mol. The number of hydrogen-bond donors (Lipinski definition) is 2. The summed E-state index contributed by atoms with van der Waals surface area (Å²) in [5.41, 5.74) is 0.0280. The van der Waals surface area contributed by atoms with Gasteiger partial charge in [-0.3, -0.25) is 9.78 Å². The van der Waals surface area contributed by atoms with Crippen molar-refractivity contribution in [3.63, 3.8) is 0 Å². The maximum absolute atomic E-state index is 11.1. The van der Waals surface area contributed by atoms with Gasteiger partial charge < -0.3 is 5.11 Å². The Labute approximate surface area is 114 Å². The van der Waals surface area contributed by atoms with Gasteiger partial charge in [0.25, 0.3) is 5.56 Å². The second kappa shape index (κ2) is 6.73. The standard InChI is InChI=1S/C10H7N3O3.2ClH/c14-9-7(10(15)16)5-8(12-13-9)6-1-3-11-4-2-6;;/h1-5H,(H,13,14)(H,15,16);2*1H. The quantitative estimate of drug-likeness (QED) is 0.871. The third-order valence-corrected chi connectivity index (χ3v) is 2.01. The number of nitrogens with zero attached hydrogens (tertiary/aromatic N) is 2. The van der Waals surface area contributed by atoms with Gasteiger partial charge in [0.1, 0.15) is 5.56 Å². The highest BCUT2D eigenvalue weighted by Gasteiger charge is 2.11. The summed E-state index contributed by atoms with van der Waals surface area (Å²) in [6, 6.07) is 4.58. The van der Waals surface area contributed by atoms with Crippen LogP contribution in [-0.2, 0) is 0 Å². The predicted octanol–water partition coefficient (Wildman–Crippen LogP) is 1.37. The number of hydrogen-bond acceptors (Lipinski definition) is 4. The molecule has 0 bridgehead atoms. The van der Waals surface area contributed by atoms with E-state index >= 15 is 0 Å². The molecule has 2 aromatic heterocycles. The second-order valence-corrected chi connectivity index (χ2v) is 3.04. The van der Waals surface area contributed by atoms with Gasteiger partial charge in [-0.25, -0.2) is 9.89 Å². The molecule has 8 heteroatoms. The SMILES string of the molecule is Cl.Cl.O=C(O)c1cc(-c2ccncc2)n[nH]c1=O. The molecule has 0 aliphatic heterocycles. The lowest BCUT2D eigenvalue weighted by molar-refractivity contribution is 0.0694. The molecule has 0 saturated heterocycles. The Bertz CT molecular complexity index is 586. The summed E-state index contributed by atoms with van der Waals surface area (Å²) in [7, 11) is 0. The minimum atomic E-state index is -1.28. The van der Waals surface area contributed by atoms with Crippen molar-refractivity contribution in [3.05, 3.63) is 46.5 Å². The molecular weight excluding hydrogens is 281 g/mol. The van der Waals surface area contributed by atoms with Gasteiger partial charge in [0.2, 0.25) is 0 Å². The van der Waals surface area contributed by atoms with E-state index in [9.17, 15) is 9.59 Å². The number of nitrogens with one attached hydrogen (secondary N) is 1. The van der Waals surface area contributed by atoms with Gasteiger partial charge in [-0.05, 0) is 18.2 Å². The lowest BCUT2D eigenvalue weighted by Crippen LogP contribution is -2.18. The largest absolute Gasteiger partial charge is 0.477 e. The van der Waals surface area contributed by atoms with Crippen LogP contribution in [0.2, 0.25) is 0 Å². The molecule has 0 atom stereocenters. The van der Waals surface area contributed by atoms with Gasteiger partial charge in [0, 0.05) is 18.0 Å². The van der Waals surface area contributed by atoms with E-state index in [4.69, 9.17) is 5.11 Å². The highest BCUT2D eigenvalue weighted by atomic mass is 35.5. The van der Waals surface area contributed by atoms with Gasteiger partial charge >= 0.3 is 5.97 Å². The monoisotopic (exact) mass is 289 g/mol. The molecule has 0 saturated carbocycles. The van der Waals surface area contributed by atoms with E-state index in [2.05, 4.69) is 15.2 Å². The number of rotatable bonds is 2. The fourth-order valence-electron chi connectivity index (χ4n) is 1.24. The number of pyridine rings is 1. The van der Waals surface area contributed by atoms with Crippen molar-refractivity contribution in [2.24, 2.45) is 0 Å². The van der Waals surface area contributed by atoms with Crippen molar-refractivity contribution in [1.82, 2.24) is 15.2 Å². The van der Waals surface area contributed by atoms with Crippen molar-refractivity contribution in [3.8, 4) is 11.3 Å². The Morgan fingerprint density at radius 3 is 2.39 bits per heavy atom. The number of aromatic carboxylic acids is 1. The van der Waals surface area contributed by atoms with Crippen LogP contribution in [0.15, 0.2) is 35.4 Å². The number of carboxylic acid groups (broad SMARTS) is 1. The molecule has 0 aliphatic rings. The fourth-order valence-corrected chi connectivity index (χ4v) is 1.24. The maximum atomic E-state index is 11.1. The van der Waals surface area contributed by atoms with Crippen LogP contribution in [-0.4, -0.2) is 26.3 Å². The van der Waals surface area contributed by atoms with Crippen LogP contribution in [0.3, 0.4) is 0 Å². The zero-order valence-corrected chi connectivity index (χ0v) is 10.5. The molecule has 0 spiro atoms. The molecule has 2 N–H and O–H groups in total. The van der Waals surface area contributed by atoms with Crippen LogP contribution in [0.4, 0.5) is 0 Å². The molecule has 0 aromatic carbocycles. The number of H-pyrrole nitrogens is 1. The Morgan fingerprint density at radius 1 is 1.22 bits per heavy atom. The van der Waals surface area contributed by atoms with E-state index in [0.717, 1.165) is 0 Å². The predicted molar refractivity (Wildman–Crippen MR) is 69.5 cm³/mol. The van der Waals surface area contributed by atoms with Crippen LogP contribution >= 0.6 is 24.8 Å². The van der Waals surface area contributed by atoms with Gasteiger partial charge in [-0.1, -0.05) is 0 Å². The number of halogens is 2. The van der Waals surface area contributed by atoms with E-state index in [1.54, 1.807) is 24.5 Å². The normalized spacial score (nSPS) is 8.89. The summed E-state index contributed by atoms with van der Waals surface area (Å²) in [5.74, 6) is -1.28. The number of carboxylic acids is 1. The molecule has 18 heavy (non-hydrogen) atoms. The summed E-state index contributed by atoms with van der Waals surface area (Å²) >= 11 is 0. The minimum Gasteiger partial charge on any atom is -0.477 e. The van der Waals surface area contributed by atoms with Gasteiger partial charge in [-0.2, -0.15) is 5.10 Å². The van der Waals surface area contributed by atoms with Crippen LogP contribution < -0.4 is 5.56 Å². The summed E-state index contributed by atoms with van der Waals surface area (Å²) in [6.07, 6.45) is 3.12. The number of aromatic amines is 1. The molecule has 0 unspecified atom stereocenters. The van der Waals surface area contributed by atoms with E-state index in [1.165, 1.54) is 6.07 Å². The topological polar surface area (TPSA) is 95.9 Å².